The zero-order valence-corrected chi connectivity index (χ0v) is 11.0. The van der Waals surface area contributed by atoms with E-state index in [2.05, 4.69) is 0 Å². The molecule has 0 fully saturated rings. The Bertz CT molecular complexity index is 552. The van der Waals surface area contributed by atoms with Gasteiger partial charge in [0.2, 0.25) is 0 Å². The average Bonchev–Trinajstić information content (AvgIpc) is 2.32. The summed E-state index contributed by atoms with van der Waals surface area (Å²) in [6.45, 7) is 0. The third-order valence-electron chi connectivity index (χ3n) is 2.44. The normalized spacial score (nSPS) is 10.6. The number of alkyl halides is 1. The van der Waals surface area contributed by atoms with E-state index in [4.69, 9.17) is 34.8 Å². The third-order valence-corrected chi connectivity index (χ3v) is 3.47. The maximum absolute atomic E-state index is 13.1. The standard InChI is InChI=1S/C13H8Cl3F/c14-7-9-5-10(17)2-3-11(9)8-1-4-12(15)13(16)6-8/h1-6H,7H2. The van der Waals surface area contributed by atoms with Crippen LogP contribution < -0.4 is 0 Å². The van der Waals surface area contributed by atoms with Gasteiger partial charge in [-0.25, -0.2) is 4.39 Å². The van der Waals surface area contributed by atoms with Crippen LogP contribution in [0.15, 0.2) is 36.4 Å². The van der Waals surface area contributed by atoms with Crippen molar-refractivity contribution in [3.63, 3.8) is 0 Å². The Morgan fingerprint density at radius 3 is 2.35 bits per heavy atom. The molecule has 0 aliphatic carbocycles. The number of rotatable bonds is 2. The van der Waals surface area contributed by atoms with E-state index < -0.39 is 0 Å². The van der Waals surface area contributed by atoms with E-state index in [0.717, 1.165) is 16.7 Å². The maximum atomic E-state index is 13.1. The van der Waals surface area contributed by atoms with Crippen LogP contribution in [0.3, 0.4) is 0 Å². The van der Waals surface area contributed by atoms with Crippen molar-refractivity contribution < 1.29 is 4.39 Å². The monoisotopic (exact) mass is 288 g/mol. The molecule has 2 rings (SSSR count). The predicted molar refractivity (Wildman–Crippen MR) is 71.4 cm³/mol. The van der Waals surface area contributed by atoms with Gasteiger partial charge in [0.05, 0.1) is 10.0 Å². The van der Waals surface area contributed by atoms with Crippen LogP contribution in [-0.4, -0.2) is 0 Å². The summed E-state index contributed by atoms with van der Waals surface area (Å²) in [5.74, 6) is -0.0580. The van der Waals surface area contributed by atoms with Gasteiger partial charge in [-0.1, -0.05) is 35.3 Å². The van der Waals surface area contributed by atoms with Crippen LogP contribution in [0.2, 0.25) is 10.0 Å². The van der Waals surface area contributed by atoms with E-state index >= 15 is 0 Å². The molecular formula is C13H8Cl3F. The highest BCUT2D eigenvalue weighted by atomic mass is 35.5. The number of hydrogen-bond acceptors (Lipinski definition) is 0. The fourth-order valence-electron chi connectivity index (χ4n) is 1.62. The SMILES string of the molecule is Fc1ccc(-c2ccc(Cl)c(Cl)c2)c(CCl)c1. The van der Waals surface area contributed by atoms with Gasteiger partial charge in [-0.3, -0.25) is 0 Å². The van der Waals surface area contributed by atoms with Crippen molar-refractivity contribution >= 4 is 34.8 Å². The highest BCUT2D eigenvalue weighted by Gasteiger charge is 2.07. The Labute approximate surface area is 114 Å². The first-order valence-electron chi connectivity index (χ1n) is 4.91. The molecule has 0 amide bonds. The molecule has 4 heteroatoms. The van der Waals surface area contributed by atoms with Crippen molar-refractivity contribution in [1.29, 1.82) is 0 Å². The molecule has 0 radical (unpaired) electrons. The van der Waals surface area contributed by atoms with Gasteiger partial charge in [0, 0.05) is 5.88 Å². The van der Waals surface area contributed by atoms with Crippen molar-refractivity contribution in [2.24, 2.45) is 0 Å². The lowest BCUT2D eigenvalue weighted by molar-refractivity contribution is 0.626. The molecule has 0 heterocycles. The molecule has 88 valence electrons. The van der Waals surface area contributed by atoms with E-state index in [1.165, 1.54) is 12.1 Å². The summed E-state index contributed by atoms with van der Waals surface area (Å²) in [4.78, 5) is 0. The third kappa shape index (κ3) is 2.74. The molecule has 0 aliphatic rings. The second kappa shape index (κ2) is 5.26. The summed E-state index contributed by atoms with van der Waals surface area (Å²) in [5.41, 5.74) is 2.46. The van der Waals surface area contributed by atoms with Crippen molar-refractivity contribution in [3.05, 3.63) is 57.8 Å². The molecule has 0 N–H and O–H groups in total. The quantitative estimate of drug-likeness (QED) is 0.637. The Balaban J connectivity index is 2.55. The summed E-state index contributed by atoms with van der Waals surface area (Å²) in [7, 11) is 0. The van der Waals surface area contributed by atoms with Gasteiger partial charge in [-0.15, -0.1) is 11.6 Å². The zero-order valence-electron chi connectivity index (χ0n) is 8.68. The lowest BCUT2D eigenvalue weighted by Gasteiger charge is -2.08. The van der Waals surface area contributed by atoms with Gasteiger partial charge in [-0.2, -0.15) is 0 Å². The first kappa shape index (κ1) is 12.7. The first-order valence-corrected chi connectivity index (χ1v) is 6.20. The Kier molecular flexibility index (Phi) is 3.93. The van der Waals surface area contributed by atoms with E-state index in [-0.39, 0.29) is 11.7 Å². The molecule has 0 saturated heterocycles. The number of benzene rings is 2. The largest absolute Gasteiger partial charge is 0.207 e. The number of hydrogen-bond donors (Lipinski definition) is 0. The first-order chi connectivity index (χ1) is 8.11. The maximum Gasteiger partial charge on any atom is 0.123 e. The average molecular weight is 290 g/mol. The smallest absolute Gasteiger partial charge is 0.123 e. The topological polar surface area (TPSA) is 0 Å². The molecule has 0 nitrogen and oxygen atoms in total. The molecule has 0 unspecified atom stereocenters. The fourth-order valence-corrected chi connectivity index (χ4v) is 2.14. The highest BCUT2D eigenvalue weighted by Crippen LogP contribution is 2.31. The second-order valence-electron chi connectivity index (χ2n) is 3.56. The zero-order chi connectivity index (χ0) is 12.4. The van der Waals surface area contributed by atoms with Crippen LogP contribution >= 0.6 is 34.8 Å². The molecule has 0 aromatic heterocycles. The summed E-state index contributed by atoms with van der Waals surface area (Å²) in [6.07, 6.45) is 0. The molecule has 0 spiro atoms. The molecule has 0 atom stereocenters. The van der Waals surface area contributed by atoms with Gasteiger partial charge >= 0.3 is 0 Å². The Morgan fingerprint density at radius 1 is 0.941 bits per heavy atom. The molecule has 0 bridgehead atoms. The van der Waals surface area contributed by atoms with E-state index in [1.54, 1.807) is 18.2 Å². The van der Waals surface area contributed by atoms with Crippen molar-refractivity contribution in [2.45, 2.75) is 5.88 Å². The summed E-state index contributed by atoms with van der Waals surface area (Å²) in [5, 5.41) is 0.957. The lowest BCUT2D eigenvalue weighted by atomic mass is 10.0. The summed E-state index contributed by atoms with van der Waals surface area (Å²) >= 11 is 17.6. The fraction of sp³-hybridized carbons (Fsp3) is 0.0769. The van der Waals surface area contributed by atoms with Gasteiger partial charge in [0.25, 0.3) is 0 Å². The van der Waals surface area contributed by atoms with E-state index in [9.17, 15) is 4.39 Å². The molecule has 0 aliphatic heterocycles. The molecular weight excluding hydrogens is 282 g/mol. The highest BCUT2D eigenvalue weighted by molar-refractivity contribution is 6.42. The van der Waals surface area contributed by atoms with Crippen LogP contribution in [0.1, 0.15) is 5.56 Å². The molecule has 0 saturated carbocycles. The van der Waals surface area contributed by atoms with Crippen LogP contribution in [0.25, 0.3) is 11.1 Å². The Morgan fingerprint density at radius 2 is 1.71 bits per heavy atom. The minimum absolute atomic E-state index is 0.243. The van der Waals surface area contributed by atoms with Gasteiger partial charge in [0.15, 0.2) is 0 Å². The minimum atomic E-state index is -0.301. The second-order valence-corrected chi connectivity index (χ2v) is 4.65. The Hall–Kier alpha value is -0.760. The molecule has 17 heavy (non-hydrogen) atoms. The van der Waals surface area contributed by atoms with Crippen LogP contribution in [0, 0.1) is 5.82 Å². The van der Waals surface area contributed by atoms with Crippen molar-refractivity contribution in [3.8, 4) is 11.1 Å². The number of halogens is 4. The molecule has 2 aromatic rings. The lowest BCUT2D eigenvalue weighted by Crippen LogP contribution is -1.88. The van der Waals surface area contributed by atoms with Crippen molar-refractivity contribution in [2.75, 3.05) is 0 Å². The van der Waals surface area contributed by atoms with E-state index in [1.807, 2.05) is 6.07 Å². The van der Waals surface area contributed by atoms with Crippen LogP contribution in [0.5, 0.6) is 0 Å². The van der Waals surface area contributed by atoms with Gasteiger partial charge in [0.1, 0.15) is 5.82 Å². The van der Waals surface area contributed by atoms with Crippen LogP contribution in [-0.2, 0) is 5.88 Å². The summed E-state index contributed by atoms with van der Waals surface area (Å²) in [6, 6.07) is 9.79. The summed E-state index contributed by atoms with van der Waals surface area (Å²) < 4.78 is 13.1. The van der Waals surface area contributed by atoms with Crippen molar-refractivity contribution in [1.82, 2.24) is 0 Å². The van der Waals surface area contributed by atoms with Crippen LogP contribution in [0.4, 0.5) is 4.39 Å². The predicted octanol–water partition coefficient (Wildman–Crippen LogP) is 5.54. The van der Waals surface area contributed by atoms with Gasteiger partial charge < -0.3 is 0 Å². The molecule has 2 aromatic carbocycles. The van der Waals surface area contributed by atoms with E-state index in [0.29, 0.717) is 10.0 Å². The van der Waals surface area contributed by atoms with Gasteiger partial charge in [-0.05, 0) is 41.0 Å². The minimum Gasteiger partial charge on any atom is -0.207 e.